The summed E-state index contributed by atoms with van der Waals surface area (Å²) in [4.78, 5) is 16.6. The van der Waals surface area contributed by atoms with Gasteiger partial charge in [-0.3, -0.25) is 4.79 Å². The summed E-state index contributed by atoms with van der Waals surface area (Å²) in [6.07, 6.45) is 0. The van der Waals surface area contributed by atoms with Crippen molar-refractivity contribution < 1.29 is 9.18 Å². The largest absolute Gasteiger partial charge is 0.368 e. The van der Waals surface area contributed by atoms with Gasteiger partial charge in [0, 0.05) is 37.4 Å². The van der Waals surface area contributed by atoms with E-state index < -0.39 is 0 Å². The van der Waals surface area contributed by atoms with Gasteiger partial charge in [-0.15, -0.1) is 0 Å². The Bertz CT molecular complexity index is 661. The zero-order valence-electron chi connectivity index (χ0n) is 12.6. The van der Waals surface area contributed by atoms with Crippen molar-refractivity contribution in [1.82, 2.24) is 4.90 Å². The molecule has 0 saturated carbocycles. The molecule has 1 aliphatic heterocycles. The van der Waals surface area contributed by atoms with Crippen LogP contribution in [0.4, 0.5) is 10.1 Å². The smallest absolute Gasteiger partial charge is 0.254 e. The van der Waals surface area contributed by atoms with Crippen LogP contribution in [-0.2, 0) is 0 Å². The molecule has 2 aromatic rings. The summed E-state index contributed by atoms with van der Waals surface area (Å²) in [5, 5.41) is 0. The highest BCUT2D eigenvalue weighted by Gasteiger charge is 2.23. The molecule has 0 radical (unpaired) electrons. The van der Waals surface area contributed by atoms with E-state index in [4.69, 9.17) is 0 Å². The molecule has 1 aliphatic rings. The van der Waals surface area contributed by atoms with Crippen LogP contribution in [-0.4, -0.2) is 37.0 Å². The monoisotopic (exact) mass is 298 g/mol. The second kappa shape index (κ2) is 6.18. The van der Waals surface area contributed by atoms with Gasteiger partial charge in [0.25, 0.3) is 5.91 Å². The first kappa shape index (κ1) is 14.6. The first-order valence-corrected chi connectivity index (χ1v) is 7.50. The van der Waals surface area contributed by atoms with Crippen LogP contribution >= 0.6 is 0 Å². The molecule has 0 N–H and O–H groups in total. The maximum Gasteiger partial charge on any atom is 0.254 e. The maximum absolute atomic E-state index is 13.0. The molecule has 0 unspecified atom stereocenters. The number of piperazine rings is 1. The Morgan fingerprint density at radius 1 is 0.955 bits per heavy atom. The molecule has 3 nitrogen and oxygen atoms in total. The molecular weight excluding hydrogens is 279 g/mol. The van der Waals surface area contributed by atoms with Crippen molar-refractivity contribution in [3.05, 3.63) is 65.5 Å². The van der Waals surface area contributed by atoms with Gasteiger partial charge in [-0.2, -0.15) is 0 Å². The van der Waals surface area contributed by atoms with E-state index >= 15 is 0 Å². The van der Waals surface area contributed by atoms with E-state index in [0.717, 1.165) is 29.9 Å². The van der Waals surface area contributed by atoms with Crippen molar-refractivity contribution in [2.45, 2.75) is 6.92 Å². The second-order valence-electron chi connectivity index (χ2n) is 5.57. The molecule has 4 heteroatoms. The highest BCUT2D eigenvalue weighted by molar-refractivity contribution is 5.95. The van der Waals surface area contributed by atoms with Crippen molar-refractivity contribution in [3.63, 3.8) is 0 Å². The molecule has 0 aliphatic carbocycles. The summed E-state index contributed by atoms with van der Waals surface area (Å²) in [7, 11) is 0. The molecule has 0 bridgehead atoms. The van der Waals surface area contributed by atoms with Crippen LogP contribution in [0.3, 0.4) is 0 Å². The van der Waals surface area contributed by atoms with Gasteiger partial charge in [0.15, 0.2) is 0 Å². The molecule has 1 saturated heterocycles. The number of carbonyl (C=O) groups excluding carboxylic acids is 1. The molecule has 0 atom stereocenters. The fourth-order valence-electron chi connectivity index (χ4n) is 2.80. The van der Waals surface area contributed by atoms with Crippen molar-refractivity contribution in [2.24, 2.45) is 0 Å². The minimum Gasteiger partial charge on any atom is -0.368 e. The maximum atomic E-state index is 13.0. The van der Waals surface area contributed by atoms with Crippen molar-refractivity contribution >= 4 is 11.6 Å². The predicted molar refractivity (Wildman–Crippen MR) is 85.7 cm³/mol. The summed E-state index contributed by atoms with van der Waals surface area (Å²) in [6.45, 7) is 4.86. The van der Waals surface area contributed by atoms with Crippen molar-refractivity contribution in [1.29, 1.82) is 0 Å². The molecule has 114 valence electrons. The lowest BCUT2D eigenvalue weighted by molar-refractivity contribution is 0.0746. The van der Waals surface area contributed by atoms with Crippen LogP contribution in [0.5, 0.6) is 0 Å². The Morgan fingerprint density at radius 2 is 1.59 bits per heavy atom. The lowest BCUT2D eigenvalue weighted by Crippen LogP contribution is -2.48. The molecule has 3 rings (SSSR count). The van der Waals surface area contributed by atoms with Crippen molar-refractivity contribution in [3.8, 4) is 0 Å². The zero-order chi connectivity index (χ0) is 15.5. The number of halogens is 1. The highest BCUT2D eigenvalue weighted by Crippen LogP contribution is 2.18. The topological polar surface area (TPSA) is 23.6 Å². The lowest BCUT2D eigenvalue weighted by Gasteiger charge is -2.36. The third-order valence-corrected chi connectivity index (χ3v) is 4.13. The number of aryl methyl sites for hydroxylation is 1. The van der Waals surface area contributed by atoms with Crippen LogP contribution in [0.25, 0.3) is 0 Å². The van der Waals surface area contributed by atoms with E-state index in [1.807, 2.05) is 36.1 Å². The Morgan fingerprint density at radius 3 is 2.23 bits per heavy atom. The van der Waals surface area contributed by atoms with Crippen LogP contribution in [0.2, 0.25) is 0 Å². The Labute approximate surface area is 130 Å². The van der Waals surface area contributed by atoms with Crippen LogP contribution < -0.4 is 4.90 Å². The fourth-order valence-corrected chi connectivity index (χ4v) is 2.80. The predicted octanol–water partition coefficient (Wildman–Crippen LogP) is 3.10. The zero-order valence-corrected chi connectivity index (χ0v) is 12.6. The normalized spacial score (nSPS) is 15.0. The van der Waals surface area contributed by atoms with Gasteiger partial charge in [0.05, 0.1) is 0 Å². The minimum atomic E-state index is -0.225. The number of rotatable bonds is 2. The third-order valence-electron chi connectivity index (χ3n) is 4.13. The average Bonchev–Trinajstić information content (AvgIpc) is 2.56. The van der Waals surface area contributed by atoms with Gasteiger partial charge in [0.2, 0.25) is 0 Å². The molecule has 1 amide bonds. The number of hydrogen-bond donors (Lipinski definition) is 0. The highest BCUT2D eigenvalue weighted by atomic mass is 19.1. The standard InChI is InChI=1S/C18H19FN2O/c1-14-4-2-3-5-17(14)18(22)21-12-10-20(11-13-21)16-8-6-15(19)7-9-16/h2-9H,10-13H2,1H3. The van der Waals surface area contributed by atoms with E-state index in [9.17, 15) is 9.18 Å². The molecule has 1 heterocycles. The number of hydrogen-bond acceptors (Lipinski definition) is 2. The quantitative estimate of drug-likeness (QED) is 0.850. The van der Waals surface area contributed by atoms with Gasteiger partial charge in [-0.05, 0) is 42.8 Å². The molecule has 2 aromatic carbocycles. The molecule has 22 heavy (non-hydrogen) atoms. The summed E-state index contributed by atoms with van der Waals surface area (Å²) >= 11 is 0. The number of carbonyl (C=O) groups is 1. The molecule has 0 aromatic heterocycles. The molecular formula is C18H19FN2O. The number of nitrogens with zero attached hydrogens (tertiary/aromatic N) is 2. The van der Waals surface area contributed by atoms with Crippen LogP contribution in [0.1, 0.15) is 15.9 Å². The summed E-state index contributed by atoms with van der Waals surface area (Å²) < 4.78 is 13.0. The van der Waals surface area contributed by atoms with Gasteiger partial charge < -0.3 is 9.80 Å². The fraction of sp³-hybridized carbons (Fsp3) is 0.278. The molecule has 0 spiro atoms. The summed E-state index contributed by atoms with van der Waals surface area (Å²) in [5.74, 6) is -0.131. The Hall–Kier alpha value is -2.36. The number of benzene rings is 2. The Kier molecular flexibility index (Phi) is 4.09. The first-order valence-electron chi connectivity index (χ1n) is 7.50. The SMILES string of the molecule is Cc1ccccc1C(=O)N1CCN(c2ccc(F)cc2)CC1. The van der Waals surface area contributed by atoms with E-state index in [2.05, 4.69) is 4.90 Å². The third kappa shape index (κ3) is 2.96. The average molecular weight is 298 g/mol. The first-order chi connectivity index (χ1) is 10.6. The van der Waals surface area contributed by atoms with E-state index in [1.54, 1.807) is 12.1 Å². The van der Waals surface area contributed by atoms with Gasteiger partial charge in [-0.25, -0.2) is 4.39 Å². The van der Waals surface area contributed by atoms with Gasteiger partial charge in [-0.1, -0.05) is 18.2 Å². The number of anilines is 1. The molecule has 1 fully saturated rings. The Balaban J connectivity index is 1.65. The second-order valence-corrected chi connectivity index (χ2v) is 5.57. The van der Waals surface area contributed by atoms with Gasteiger partial charge in [0.1, 0.15) is 5.82 Å². The van der Waals surface area contributed by atoms with Crippen molar-refractivity contribution in [2.75, 3.05) is 31.1 Å². The minimum absolute atomic E-state index is 0.0943. The lowest BCUT2D eigenvalue weighted by atomic mass is 10.1. The van der Waals surface area contributed by atoms with E-state index in [0.29, 0.717) is 13.1 Å². The number of amides is 1. The van der Waals surface area contributed by atoms with E-state index in [-0.39, 0.29) is 11.7 Å². The summed E-state index contributed by atoms with van der Waals surface area (Å²) in [5.41, 5.74) is 2.79. The van der Waals surface area contributed by atoms with Crippen LogP contribution in [0, 0.1) is 12.7 Å². The van der Waals surface area contributed by atoms with E-state index in [1.165, 1.54) is 12.1 Å². The van der Waals surface area contributed by atoms with Gasteiger partial charge >= 0.3 is 0 Å². The summed E-state index contributed by atoms with van der Waals surface area (Å²) in [6, 6.07) is 14.2. The van der Waals surface area contributed by atoms with Crippen LogP contribution in [0.15, 0.2) is 48.5 Å².